The average molecular weight is 268 g/mol. The van der Waals surface area contributed by atoms with Crippen LogP contribution in [0.1, 0.15) is 0 Å². The molecular formula is C7H7BrFNO2S. The van der Waals surface area contributed by atoms with Gasteiger partial charge in [0.25, 0.3) is 0 Å². The Morgan fingerprint density at radius 1 is 1.46 bits per heavy atom. The monoisotopic (exact) mass is 267 g/mol. The summed E-state index contributed by atoms with van der Waals surface area (Å²) in [5.41, 5.74) is 0. The van der Waals surface area contributed by atoms with E-state index in [9.17, 15) is 12.8 Å². The van der Waals surface area contributed by atoms with Crippen LogP contribution in [0, 0.1) is 5.82 Å². The molecule has 0 unspecified atom stereocenters. The van der Waals surface area contributed by atoms with Gasteiger partial charge < -0.3 is 0 Å². The highest BCUT2D eigenvalue weighted by atomic mass is 79.9. The van der Waals surface area contributed by atoms with Crippen molar-refractivity contribution in [3.63, 3.8) is 0 Å². The van der Waals surface area contributed by atoms with Crippen LogP contribution < -0.4 is 4.72 Å². The molecule has 0 bridgehead atoms. The van der Waals surface area contributed by atoms with Crippen molar-refractivity contribution in [2.45, 2.75) is 4.90 Å². The second-order valence-electron chi connectivity index (χ2n) is 2.28. The van der Waals surface area contributed by atoms with Crippen LogP contribution in [0.2, 0.25) is 0 Å². The predicted molar refractivity (Wildman–Crippen MR) is 50.3 cm³/mol. The van der Waals surface area contributed by atoms with Crippen LogP contribution in [0.15, 0.2) is 27.6 Å². The van der Waals surface area contributed by atoms with Gasteiger partial charge in [-0.3, -0.25) is 0 Å². The molecule has 0 saturated carbocycles. The maximum absolute atomic E-state index is 13.1. The summed E-state index contributed by atoms with van der Waals surface area (Å²) in [5, 5.41) is 0. The summed E-state index contributed by atoms with van der Waals surface area (Å²) in [6.07, 6.45) is 0. The van der Waals surface area contributed by atoms with Crippen molar-refractivity contribution in [2.75, 3.05) is 7.05 Å². The van der Waals surface area contributed by atoms with Crippen molar-refractivity contribution < 1.29 is 12.8 Å². The molecule has 0 aromatic heterocycles. The van der Waals surface area contributed by atoms with Gasteiger partial charge in [0.1, 0.15) is 10.7 Å². The molecule has 0 amide bonds. The SMILES string of the molecule is CNS(=O)(=O)c1ccc(Br)cc1F. The van der Waals surface area contributed by atoms with Gasteiger partial charge in [0, 0.05) is 4.47 Å². The number of hydrogen-bond acceptors (Lipinski definition) is 2. The lowest BCUT2D eigenvalue weighted by molar-refractivity contribution is 0.561. The molecule has 1 N–H and O–H groups in total. The Hall–Kier alpha value is -0.460. The minimum atomic E-state index is -3.69. The summed E-state index contributed by atoms with van der Waals surface area (Å²) in [6, 6.07) is 3.77. The third-order valence-electron chi connectivity index (χ3n) is 1.45. The molecule has 0 saturated heterocycles. The molecule has 72 valence electrons. The molecule has 13 heavy (non-hydrogen) atoms. The first-order chi connectivity index (χ1) is 5.97. The van der Waals surface area contributed by atoms with E-state index in [1.54, 1.807) is 0 Å². The Labute approximate surface area is 84.1 Å². The summed E-state index contributed by atoms with van der Waals surface area (Å²) in [5.74, 6) is -0.774. The van der Waals surface area contributed by atoms with Gasteiger partial charge in [-0.15, -0.1) is 0 Å². The Morgan fingerprint density at radius 2 is 2.08 bits per heavy atom. The largest absolute Gasteiger partial charge is 0.243 e. The second kappa shape index (κ2) is 3.73. The zero-order chi connectivity index (χ0) is 10.1. The van der Waals surface area contributed by atoms with Crippen LogP contribution in [0.3, 0.4) is 0 Å². The van der Waals surface area contributed by atoms with E-state index in [0.29, 0.717) is 4.47 Å². The minimum Gasteiger partial charge on any atom is -0.214 e. The van der Waals surface area contributed by atoms with Crippen molar-refractivity contribution in [2.24, 2.45) is 0 Å². The quantitative estimate of drug-likeness (QED) is 0.883. The fourth-order valence-electron chi connectivity index (χ4n) is 0.803. The molecule has 0 aliphatic carbocycles. The molecule has 0 aliphatic heterocycles. The van der Waals surface area contributed by atoms with Gasteiger partial charge in [0.15, 0.2) is 0 Å². The molecule has 6 heteroatoms. The molecule has 1 rings (SSSR count). The van der Waals surface area contributed by atoms with Gasteiger partial charge in [0.2, 0.25) is 10.0 Å². The molecule has 0 atom stereocenters. The second-order valence-corrected chi connectivity index (χ2v) is 5.05. The van der Waals surface area contributed by atoms with Gasteiger partial charge in [-0.2, -0.15) is 0 Å². The summed E-state index contributed by atoms with van der Waals surface area (Å²) in [6.45, 7) is 0. The van der Waals surface area contributed by atoms with E-state index in [1.165, 1.54) is 19.2 Å². The van der Waals surface area contributed by atoms with Gasteiger partial charge in [-0.25, -0.2) is 17.5 Å². The number of rotatable bonds is 2. The van der Waals surface area contributed by atoms with E-state index in [-0.39, 0.29) is 4.90 Å². The zero-order valence-electron chi connectivity index (χ0n) is 6.71. The number of sulfonamides is 1. The fraction of sp³-hybridized carbons (Fsp3) is 0.143. The molecule has 3 nitrogen and oxygen atoms in total. The van der Waals surface area contributed by atoms with Crippen LogP contribution in [0.5, 0.6) is 0 Å². The van der Waals surface area contributed by atoms with Crippen molar-refractivity contribution in [1.29, 1.82) is 0 Å². The maximum Gasteiger partial charge on any atom is 0.243 e. The molecule has 0 fully saturated rings. The van der Waals surface area contributed by atoms with Gasteiger partial charge in [0.05, 0.1) is 0 Å². The Kier molecular flexibility index (Phi) is 3.05. The van der Waals surface area contributed by atoms with Crippen molar-refractivity contribution in [3.8, 4) is 0 Å². The summed E-state index contributed by atoms with van der Waals surface area (Å²) in [7, 11) is -2.46. The van der Waals surface area contributed by atoms with Gasteiger partial charge in [-0.1, -0.05) is 15.9 Å². The highest BCUT2D eigenvalue weighted by molar-refractivity contribution is 9.10. The van der Waals surface area contributed by atoms with Gasteiger partial charge in [-0.05, 0) is 25.2 Å². The van der Waals surface area contributed by atoms with Crippen molar-refractivity contribution >= 4 is 26.0 Å². The van der Waals surface area contributed by atoms with E-state index in [0.717, 1.165) is 6.07 Å². The summed E-state index contributed by atoms with van der Waals surface area (Å²) < 4.78 is 38.0. The first-order valence-electron chi connectivity index (χ1n) is 3.36. The average Bonchev–Trinajstić information content (AvgIpc) is 2.03. The van der Waals surface area contributed by atoms with Crippen LogP contribution in [0.25, 0.3) is 0 Å². The zero-order valence-corrected chi connectivity index (χ0v) is 9.12. The predicted octanol–water partition coefficient (Wildman–Crippen LogP) is 1.50. The number of hydrogen-bond donors (Lipinski definition) is 1. The van der Waals surface area contributed by atoms with Crippen molar-refractivity contribution in [3.05, 3.63) is 28.5 Å². The van der Waals surface area contributed by atoms with Crippen molar-refractivity contribution in [1.82, 2.24) is 4.72 Å². The Morgan fingerprint density at radius 3 is 2.54 bits per heavy atom. The first-order valence-corrected chi connectivity index (χ1v) is 5.63. The highest BCUT2D eigenvalue weighted by Gasteiger charge is 2.16. The van der Waals surface area contributed by atoms with E-state index in [1.807, 2.05) is 4.72 Å². The normalized spacial score (nSPS) is 11.6. The lowest BCUT2D eigenvalue weighted by atomic mass is 10.3. The fourth-order valence-corrected chi connectivity index (χ4v) is 1.92. The molecule has 0 spiro atoms. The van der Waals surface area contributed by atoms with Crippen LogP contribution in [-0.4, -0.2) is 15.5 Å². The van der Waals surface area contributed by atoms with E-state index >= 15 is 0 Å². The summed E-state index contributed by atoms with van der Waals surface area (Å²) in [4.78, 5) is -0.349. The number of benzene rings is 1. The molecule has 0 heterocycles. The molecule has 0 radical (unpaired) electrons. The van der Waals surface area contributed by atoms with Gasteiger partial charge >= 0.3 is 0 Å². The third-order valence-corrected chi connectivity index (χ3v) is 3.39. The van der Waals surface area contributed by atoms with E-state index in [2.05, 4.69) is 15.9 Å². The van der Waals surface area contributed by atoms with E-state index < -0.39 is 15.8 Å². The minimum absolute atomic E-state index is 0.349. The third kappa shape index (κ3) is 2.26. The summed E-state index contributed by atoms with van der Waals surface area (Å²) >= 11 is 3.03. The first kappa shape index (κ1) is 10.6. The number of halogens is 2. The van der Waals surface area contributed by atoms with Crippen LogP contribution in [-0.2, 0) is 10.0 Å². The van der Waals surface area contributed by atoms with Crippen LogP contribution in [0.4, 0.5) is 4.39 Å². The molecule has 1 aromatic carbocycles. The number of nitrogens with one attached hydrogen (secondary N) is 1. The molecular weight excluding hydrogens is 261 g/mol. The lowest BCUT2D eigenvalue weighted by Crippen LogP contribution is -2.19. The maximum atomic E-state index is 13.1. The molecule has 1 aromatic rings. The molecule has 0 aliphatic rings. The lowest BCUT2D eigenvalue weighted by Gasteiger charge is -2.03. The topological polar surface area (TPSA) is 46.2 Å². The Balaban J connectivity index is 3.33. The smallest absolute Gasteiger partial charge is 0.214 e. The Bertz CT molecular complexity index is 419. The van der Waals surface area contributed by atoms with Crippen LogP contribution >= 0.6 is 15.9 Å². The highest BCUT2D eigenvalue weighted by Crippen LogP contribution is 2.18. The van der Waals surface area contributed by atoms with E-state index in [4.69, 9.17) is 0 Å². The standard InChI is InChI=1S/C7H7BrFNO2S/c1-10-13(11,12)7-3-2-5(8)4-6(7)9/h2-4,10H,1H3.